The molecule has 0 radical (unpaired) electrons. The van der Waals surface area contributed by atoms with E-state index in [4.69, 9.17) is 25.8 Å². The van der Waals surface area contributed by atoms with Crippen molar-refractivity contribution in [3.8, 4) is 17.2 Å². The first-order valence-corrected chi connectivity index (χ1v) is 8.64. The zero-order valence-corrected chi connectivity index (χ0v) is 16.9. The number of nitro benzene ring substituents is 1. The van der Waals surface area contributed by atoms with Crippen LogP contribution in [0.3, 0.4) is 0 Å². The van der Waals surface area contributed by atoms with Crippen molar-refractivity contribution in [3.05, 3.63) is 56.6 Å². The molecule has 0 aliphatic rings. The third-order valence-electron chi connectivity index (χ3n) is 4.47. The summed E-state index contributed by atoms with van der Waals surface area (Å²) >= 11 is 5.91. The molecular formula is C19H21ClN2O6. The number of nitro groups is 1. The van der Waals surface area contributed by atoms with Crippen molar-refractivity contribution < 1.29 is 23.9 Å². The number of hydrogen-bond donors (Lipinski definition) is 0. The van der Waals surface area contributed by atoms with Gasteiger partial charge in [0.25, 0.3) is 5.91 Å². The van der Waals surface area contributed by atoms with E-state index >= 15 is 0 Å². The van der Waals surface area contributed by atoms with Crippen LogP contribution in [-0.2, 0) is 0 Å². The molecule has 0 spiro atoms. The SMILES string of the molecule is COc1cc(C(=O)N(C)[C@H](C)c2ccc(Cl)cc2)c([N+](=O)[O-])c(OC)c1OC. The van der Waals surface area contributed by atoms with Crippen LogP contribution in [0.5, 0.6) is 17.2 Å². The van der Waals surface area contributed by atoms with E-state index in [1.165, 1.54) is 32.3 Å². The first-order chi connectivity index (χ1) is 13.3. The van der Waals surface area contributed by atoms with Crippen molar-refractivity contribution in [1.82, 2.24) is 4.90 Å². The predicted octanol–water partition coefficient (Wildman–Crippen LogP) is 4.11. The Bertz CT molecular complexity index is 885. The molecule has 28 heavy (non-hydrogen) atoms. The predicted molar refractivity (Wildman–Crippen MR) is 105 cm³/mol. The zero-order valence-electron chi connectivity index (χ0n) is 16.2. The molecule has 0 saturated heterocycles. The van der Waals surface area contributed by atoms with Gasteiger partial charge in [0.2, 0.25) is 11.5 Å². The van der Waals surface area contributed by atoms with E-state index in [1.54, 1.807) is 31.3 Å². The van der Waals surface area contributed by atoms with Gasteiger partial charge in [0.05, 0.1) is 32.3 Å². The fraction of sp³-hybridized carbons (Fsp3) is 0.316. The number of ether oxygens (including phenoxy) is 3. The van der Waals surface area contributed by atoms with Crippen molar-refractivity contribution in [3.63, 3.8) is 0 Å². The average Bonchev–Trinajstić information content (AvgIpc) is 2.70. The second-order valence-corrected chi connectivity index (χ2v) is 6.38. The average molecular weight is 409 g/mol. The van der Waals surface area contributed by atoms with Gasteiger partial charge in [-0.05, 0) is 24.6 Å². The first-order valence-electron chi connectivity index (χ1n) is 8.26. The largest absolute Gasteiger partial charge is 0.493 e. The molecule has 0 fully saturated rings. The molecule has 2 aromatic rings. The van der Waals surface area contributed by atoms with Crippen LogP contribution < -0.4 is 14.2 Å². The lowest BCUT2D eigenvalue weighted by atomic mass is 10.0. The first kappa shape index (κ1) is 21.3. The molecule has 0 saturated carbocycles. The van der Waals surface area contributed by atoms with Crippen LogP contribution in [0.1, 0.15) is 28.9 Å². The number of nitrogens with zero attached hydrogens (tertiary/aromatic N) is 2. The summed E-state index contributed by atoms with van der Waals surface area (Å²) < 4.78 is 15.6. The van der Waals surface area contributed by atoms with Crippen molar-refractivity contribution in [2.75, 3.05) is 28.4 Å². The summed E-state index contributed by atoms with van der Waals surface area (Å²) in [5.41, 5.74) is 0.179. The Balaban J connectivity index is 2.56. The molecular weight excluding hydrogens is 388 g/mol. The molecule has 0 unspecified atom stereocenters. The van der Waals surface area contributed by atoms with E-state index < -0.39 is 16.5 Å². The minimum Gasteiger partial charge on any atom is -0.493 e. The number of carbonyl (C=O) groups is 1. The molecule has 0 aliphatic heterocycles. The standard InChI is InChI=1S/C19H21ClN2O6/c1-11(12-6-8-13(20)9-7-12)21(2)19(23)14-10-15(26-3)17(27-4)18(28-5)16(14)22(24)25/h6-11H,1-5H3/t11-/m1/s1. The van der Waals surface area contributed by atoms with Gasteiger partial charge in [-0.3, -0.25) is 14.9 Å². The maximum absolute atomic E-state index is 13.1. The summed E-state index contributed by atoms with van der Waals surface area (Å²) in [6.07, 6.45) is 0. The number of methoxy groups -OCH3 is 3. The molecule has 0 aromatic heterocycles. The van der Waals surface area contributed by atoms with Gasteiger partial charge in [0, 0.05) is 18.1 Å². The second-order valence-electron chi connectivity index (χ2n) is 5.94. The summed E-state index contributed by atoms with van der Waals surface area (Å²) in [6, 6.07) is 7.94. The van der Waals surface area contributed by atoms with Crippen molar-refractivity contribution in [2.24, 2.45) is 0 Å². The van der Waals surface area contributed by atoms with Gasteiger partial charge in [-0.2, -0.15) is 0 Å². The molecule has 0 bridgehead atoms. The van der Waals surface area contributed by atoms with Crippen LogP contribution in [0.4, 0.5) is 5.69 Å². The normalized spacial score (nSPS) is 11.5. The number of hydrogen-bond acceptors (Lipinski definition) is 6. The van der Waals surface area contributed by atoms with Gasteiger partial charge in [0.15, 0.2) is 5.75 Å². The fourth-order valence-corrected chi connectivity index (χ4v) is 2.94. The molecule has 1 atom stereocenters. The number of amides is 1. The molecule has 1 amide bonds. The Morgan fingerprint density at radius 3 is 2.14 bits per heavy atom. The van der Waals surface area contributed by atoms with Crippen LogP contribution >= 0.6 is 11.6 Å². The maximum atomic E-state index is 13.1. The van der Waals surface area contributed by atoms with Gasteiger partial charge < -0.3 is 19.1 Å². The third kappa shape index (κ3) is 3.96. The van der Waals surface area contributed by atoms with E-state index in [9.17, 15) is 14.9 Å². The molecule has 9 heteroatoms. The molecule has 8 nitrogen and oxygen atoms in total. The molecule has 0 aliphatic carbocycles. The molecule has 0 heterocycles. The van der Waals surface area contributed by atoms with Crippen molar-refractivity contribution >= 4 is 23.2 Å². The smallest absolute Gasteiger partial charge is 0.327 e. The van der Waals surface area contributed by atoms with Gasteiger partial charge in [-0.1, -0.05) is 23.7 Å². The summed E-state index contributed by atoms with van der Waals surface area (Å²) in [5.74, 6) is -0.543. The Labute approximate surface area is 167 Å². The Morgan fingerprint density at radius 2 is 1.68 bits per heavy atom. The Hall–Kier alpha value is -3.00. The fourth-order valence-electron chi connectivity index (χ4n) is 2.82. The lowest BCUT2D eigenvalue weighted by Gasteiger charge is -2.26. The highest BCUT2D eigenvalue weighted by Crippen LogP contribution is 2.46. The number of halogens is 1. The maximum Gasteiger partial charge on any atom is 0.327 e. The Morgan fingerprint density at radius 1 is 1.11 bits per heavy atom. The zero-order chi connectivity index (χ0) is 21.0. The monoisotopic (exact) mass is 408 g/mol. The highest BCUT2D eigenvalue weighted by Gasteiger charge is 2.34. The van der Waals surface area contributed by atoms with Crippen LogP contribution in [0.2, 0.25) is 5.02 Å². The van der Waals surface area contributed by atoms with E-state index in [0.717, 1.165) is 5.56 Å². The van der Waals surface area contributed by atoms with Gasteiger partial charge in [0.1, 0.15) is 5.56 Å². The van der Waals surface area contributed by atoms with Crippen molar-refractivity contribution in [1.29, 1.82) is 0 Å². The topological polar surface area (TPSA) is 91.1 Å². The van der Waals surface area contributed by atoms with Gasteiger partial charge in [-0.25, -0.2) is 0 Å². The van der Waals surface area contributed by atoms with Crippen LogP contribution in [0.15, 0.2) is 30.3 Å². The number of benzene rings is 2. The van der Waals surface area contributed by atoms with E-state index in [0.29, 0.717) is 5.02 Å². The van der Waals surface area contributed by atoms with Crippen molar-refractivity contribution in [2.45, 2.75) is 13.0 Å². The highest BCUT2D eigenvalue weighted by molar-refractivity contribution is 6.30. The summed E-state index contributed by atoms with van der Waals surface area (Å²) in [5, 5.41) is 12.3. The van der Waals surface area contributed by atoms with Crippen LogP contribution in [0, 0.1) is 10.1 Å². The Kier molecular flexibility index (Phi) is 6.69. The summed E-state index contributed by atoms with van der Waals surface area (Å²) in [4.78, 5) is 25.6. The lowest BCUT2D eigenvalue weighted by molar-refractivity contribution is -0.386. The minimum atomic E-state index is -0.672. The minimum absolute atomic E-state index is 0.0432. The van der Waals surface area contributed by atoms with E-state index in [1.807, 2.05) is 6.92 Å². The lowest BCUT2D eigenvalue weighted by Crippen LogP contribution is -2.30. The van der Waals surface area contributed by atoms with E-state index in [2.05, 4.69) is 0 Å². The molecule has 2 aromatic carbocycles. The van der Waals surface area contributed by atoms with Crippen LogP contribution in [-0.4, -0.2) is 44.1 Å². The van der Waals surface area contributed by atoms with Gasteiger partial charge >= 0.3 is 5.69 Å². The molecule has 2 rings (SSSR count). The van der Waals surface area contributed by atoms with E-state index in [-0.39, 0.29) is 28.9 Å². The number of rotatable bonds is 7. The van der Waals surface area contributed by atoms with Crippen LogP contribution in [0.25, 0.3) is 0 Å². The summed E-state index contributed by atoms with van der Waals surface area (Å²) in [6.45, 7) is 1.81. The second kappa shape index (κ2) is 8.79. The number of carbonyl (C=O) groups excluding carboxylic acids is 1. The quantitative estimate of drug-likeness (QED) is 0.505. The third-order valence-corrected chi connectivity index (χ3v) is 4.72. The summed E-state index contributed by atoms with van der Waals surface area (Å²) in [7, 11) is 5.53. The van der Waals surface area contributed by atoms with Gasteiger partial charge in [-0.15, -0.1) is 0 Å². The molecule has 0 N–H and O–H groups in total. The molecule has 150 valence electrons. The highest BCUT2D eigenvalue weighted by atomic mass is 35.5.